The molecule has 0 saturated heterocycles. The molecular formula is C31H26N4O2S3. The van der Waals surface area contributed by atoms with E-state index in [4.69, 9.17) is 27.9 Å². The van der Waals surface area contributed by atoms with Gasteiger partial charge < -0.3 is 9.15 Å². The van der Waals surface area contributed by atoms with Crippen LogP contribution < -0.4 is 4.74 Å². The second-order valence-electron chi connectivity index (χ2n) is 11.5. The molecule has 0 atom stereocenters. The fourth-order valence-electron chi connectivity index (χ4n) is 5.79. The molecule has 0 amide bonds. The molecule has 0 unspecified atom stereocenters. The van der Waals surface area contributed by atoms with Crippen LogP contribution in [0.5, 0.6) is 5.75 Å². The highest BCUT2D eigenvalue weighted by atomic mass is 32.1. The van der Waals surface area contributed by atoms with E-state index in [9.17, 15) is 0 Å². The number of nitrogens with zero attached hydrogens (tertiary/aromatic N) is 4. The largest absolute Gasteiger partial charge is 0.482 e. The average molecular weight is 583 g/mol. The van der Waals surface area contributed by atoms with E-state index in [1.165, 1.54) is 31.9 Å². The van der Waals surface area contributed by atoms with E-state index in [1.54, 1.807) is 11.3 Å². The molecular weight excluding hydrogens is 557 g/mol. The van der Waals surface area contributed by atoms with Crippen LogP contribution in [0.25, 0.3) is 64.5 Å². The van der Waals surface area contributed by atoms with Gasteiger partial charge in [-0.25, -0.2) is 9.97 Å². The van der Waals surface area contributed by atoms with Crippen molar-refractivity contribution in [1.29, 1.82) is 0 Å². The van der Waals surface area contributed by atoms with E-state index in [1.807, 2.05) is 35.6 Å². The van der Waals surface area contributed by atoms with Crippen LogP contribution in [0.2, 0.25) is 0 Å². The van der Waals surface area contributed by atoms with Crippen molar-refractivity contribution >= 4 is 78.7 Å². The van der Waals surface area contributed by atoms with Gasteiger partial charge in [0.2, 0.25) is 5.71 Å². The summed E-state index contributed by atoms with van der Waals surface area (Å²) in [6.45, 7) is 13.1. The first-order chi connectivity index (χ1) is 19.2. The van der Waals surface area contributed by atoms with Gasteiger partial charge in [0, 0.05) is 31.8 Å². The number of ether oxygens (including phenoxy) is 1. The summed E-state index contributed by atoms with van der Waals surface area (Å²) in [5.74, 6) is 1.61. The van der Waals surface area contributed by atoms with Gasteiger partial charge in [-0.3, -0.25) is 0 Å². The molecule has 0 bridgehead atoms. The predicted octanol–water partition coefficient (Wildman–Crippen LogP) is 9.87. The quantitative estimate of drug-likeness (QED) is 0.206. The first-order valence-electron chi connectivity index (χ1n) is 13.5. The van der Waals surface area contributed by atoms with Crippen molar-refractivity contribution in [3.8, 4) is 25.9 Å². The Labute approximate surface area is 243 Å². The van der Waals surface area contributed by atoms with Crippen molar-refractivity contribution in [2.45, 2.75) is 59.0 Å². The van der Waals surface area contributed by atoms with Gasteiger partial charge in [0.05, 0.1) is 27.0 Å². The number of hydrogen-bond acceptors (Lipinski definition) is 9. The Hall–Kier alpha value is -3.40. The van der Waals surface area contributed by atoms with Gasteiger partial charge in [0.15, 0.2) is 0 Å². The van der Waals surface area contributed by atoms with Crippen molar-refractivity contribution in [1.82, 2.24) is 18.7 Å². The van der Waals surface area contributed by atoms with Gasteiger partial charge in [-0.15, -0.1) is 22.7 Å². The minimum absolute atomic E-state index is 0.194. The van der Waals surface area contributed by atoms with Gasteiger partial charge in [-0.2, -0.15) is 8.75 Å². The number of furan rings is 1. The molecule has 0 saturated carbocycles. The molecule has 40 heavy (non-hydrogen) atoms. The maximum atomic E-state index is 6.58. The SMILES string of the molecule is CC(C)c1cc2c(s1)-c1sc(-c3c4nsnc4c(C(C)C)c4nc5c(nc34)oc3ccccc35)cc1C(C)(C)O2. The summed E-state index contributed by atoms with van der Waals surface area (Å²) >= 11 is 4.86. The summed E-state index contributed by atoms with van der Waals surface area (Å²) in [7, 11) is 0. The van der Waals surface area contributed by atoms with E-state index in [-0.39, 0.29) is 5.92 Å². The van der Waals surface area contributed by atoms with Crippen LogP contribution in [0.4, 0.5) is 0 Å². The highest BCUT2D eigenvalue weighted by Gasteiger charge is 2.37. The van der Waals surface area contributed by atoms with E-state index in [2.05, 4.69) is 53.7 Å². The highest BCUT2D eigenvalue weighted by Crippen LogP contribution is 2.56. The Morgan fingerprint density at radius 1 is 0.800 bits per heavy atom. The van der Waals surface area contributed by atoms with Gasteiger partial charge in [-0.1, -0.05) is 39.8 Å². The number of benzene rings is 2. The fourth-order valence-corrected chi connectivity index (χ4v) is 8.95. The van der Waals surface area contributed by atoms with Crippen molar-refractivity contribution in [2.75, 3.05) is 0 Å². The number of fused-ring (bicyclic) bond motifs is 8. The number of rotatable bonds is 3. The van der Waals surface area contributed by atoms with Crippen molar-refractivity contribution in [3.63, 3.8) is 0 Å². The lowest BCUT2D eigenvalue weighted by atomic mass is 9.93. The van der Waals surface area contributed by atoms with Crippen LogP contribution in [-0.2, 0) is 5.60 Å². The second kappa shape index (κ2) is 8.31. The molecule has 0 N–H and O–H groups in total. The third-order valence-electron chi connectivity index (χ3n) is 7.75. The lowest BCUT2D eigenvalue weighted by Crippen LogP contribution is -2.27. The molecule has 200 valence electrons. The summed E-state index contributed by atoms with van der Waals surface area (Å²) in [5, 5.41) is 0.969. The van der Waals surface area contributed by atoms with Crippen LogP contribution >= 0.6 is 34.4 Å². The summed E-state index contributed by atoms with van der Waals surface area (Å²) in [6.07, 6.45) is 0. The Balaban J connectivity index is 1.48. The number of aromatic nitrogens is 4. The van der Waals surface area contributed by atoms with E-state index >= 15 is 0 Å². The van der Waals surface area contributed by atoms with Crippen molar-refractivity contribution in [2.24, 2.45) is 0 Å². The van der Waals surface area contributed by atoms with Gasteiger partial charge in [0.25, 0.3) is 0 Å². The monoisotopic (exact) mass is 582 g/mol. The molecule has 0 spiro atoms. The maximum absolute atomic E-state index is 6.58. The minimum Gasteiger partial charge on any atom is -0.482 e. The molecule has 2 aromatic carbocycles. The molecule has 6 heterocycles. The molecule has 0 radical (unpaired) electrons. The average Bonchev–Trinajstić information content (AvgIpc) is 3.69. The molecule has 5 aromatic heterocycles. The Kier molecular flexibility index (Phi) is 5.07. The molecule has 6 nitrogen and oxygen atoms in total. The standard InChI is InChI=1S/C31H26N4O2S3/c1-13(2)19-12-18-29(38-19)28-16(31(5,6)37-18)11-20(39-28)22-25-24(21(14(3)4)26-27(22)35-40-34-26)32-23-15-9-7-8-10-17(15)36-30(23)33-25/h7-14H,1-6H3. The first-order valence-corrected chi connectivity index (χ1v) is 15.8. The van der Waals surface area contributed by atoms with Crippen LogP contribution in [-0.4, -0.2) is 18.7 Å². The molecule has 1 aliphatic rings. The normalized spacial score (nSPS) is 14.6. The molecule has 0 fully saturated rings. The molecule has 8 rings (SSSR count). The zero-order chi connectivity index (χ0) is 27.5. The molecule has 7 aromatic rings. The second-order valence-corrected chi connectivity index (χ2v) is 14.2. The van der Waals surface area contributed by atoms with Gasteiger partial charge in [0.1, 0.15) is 39.0 Å². The summed E-state index contributed by atoms with van der Waals surface area (Å²) in [4.78, 5) is 15.3. The number of para-hydroxylation sites is 1. The van der Waals surface area contributed by atoms with Crippen molar-refractivity contribution in [3.05, 3.63) is 52.4 Å². The van der Waals surface area contributed by atoms with Gasteiger partial charge in [-0.05, 0) is 49.9 Å². The number of hydrogen-bond donors (Lipinski definition) is 0. The topological polar surface area (TPSA) is 73.9 Å². The van der Waals surface area contributed by atoms with Crippen LogP contribution in [0.15, 0.2) is 40.8 Å². The summed E-state index contributed by atoms with van der Waals surface area (Å²) in [5.41, 5.74) is 8.33. The van der Waals surface area contributed by atoms with Gasteiger partial charge >= 0.3 is 0 Å². The lowest BCUT2D eigenvalue weighted by molar-refractivity contribution is 0.107. The highest BCUT2D eigenvalue weighted by molar-refractivity contribution is 7.24. The number of thiophene rings is 2. The zero-order valence-electron chi connectivity index (χ0n) is 22.9. The molecule has 9 heteroatoms. The van der Waals surface area contributed by atoms with Crippen LogP contribution in [0.1, 0.15) is 69.4 Å². The lowest BCUT2D eigenvalue weighted by Gasteiger charge is -2.31. The minimum atomic E-state index is -0.461. The van der Waals surface area contributed by atoms with E-state index in [0.717, 1.165) is 60.3 Å². The van der Waals surface area contributed by atoms with Crippen LogP contribution in [0, 0.1) is 0 Å². The Bertz CT molecular complexity index is 2140. The summed E-state index contributed by atoms with van der Waals surface area (Å²) < 4.78 is 22.4. The van der Waals surface area contributed by atoms with Crippen molar-refractivity contribution < 1.29 is 9.15 Å². The van der Waals surface area contributed by atoms with E-state index < -0.39 is 5.60 Å². The smallest absolute Gasteiger partial charge is 0.246 e. The summed E-state index contributed by atoms with van der Waals surface area (Å²) in [6, 6.07) is 12.5. The zero-order valence-corrected chi connectivity index (χ0v) is 25.4. The third kappa shape index (κ3) is 3.31. The predicted molar refractivity (Wildman–Crippen MR) is 166 cm³/mol. The van der Waals surface area contributed by atoms with E-state index in [0.29, 0.717) is 11.6 Å². The molecule has 1 aliphatic heterocycles. The maximum Gasteiger partial charge on any atom is 0.246 e. The molecule has 0 aliphatic carbocycles. The Morgan fingerprint density at radius 2 is 1.60 bits per heavy atom. The third-order valence-corrected chi connectivity index (χ3v) is 11.0. The van der Waals surface area contributed by atoms with Crippen LogP contribution in [0.3, 0.4) is 0 Å². The Morgan fingerprint density at radius 3 is 2.40 bits per heavy atom. The first kappa shape index (κ1) is 24.4. The fraction of sp³-hybridized carbons (Fsp3) is 0.290.